The molecule has 2 nitrogen and oxygen atoms in total. The summed E-state index contributed by atoms with van der Waals surface area (Å²) in [6.07, 6.45) is 3.86. The molecule has 0 unspecified atom stereocenters. The Morgan fingerprint density at radius 1 is 1.00 bits per heavy atom. The fourth-order valence-electron chi connectivity index (χ4n) is 4.08. The highest BCUT2D eigenvalue weighted by Gasteiger charge is 2.34. The number of benzene rings is 2. The van der Waals surface area contributed by atoms with Crippen LogP contribution in [0, 0.1) is 0 Å². The van der Waals surface area contributed by atoms with Crippen LogP contribution in [0.4, 0.5) is 0 Å². The van der Waals surface area contributed by atoms with Crippen molar-refractivity contribution in [3.63, 3.8) is 0 Å². The van der Waals surface area contributed by atoms with E-state index in [1.165, 1.54) is 38.6 Å². The molecule has 0 aliphatic carbocycles. The van der Waals surface area contributed by atoms with Crippen molar-refractivity contribution < 1.29 is 0 Å². The maximum Gasteiger partial charge on any atom is 0.113 e. The molecule has 3 heteroatoms. The third-order valence-electron chi connectivity index (χ3n) is 5.20. The van der Waals surface area contributed by atoms with Gasteiger partial charge in [-0.25, -0.2) is 0 Å². The van der Waals surface area contributed by atoms with Gasteiger partial charge in [0.1, 0.15) is 7.85 Å². The molecule has 0 spiro atoms. The molecule has 0 saturated carbocycles. The van der Waals surface area contributed by atoms with Crippen LogP contribution in [0.15, 0.2) is 54.9 Å². The van der Waals surface area contributed by atoms with E-state index in [1.807, 2.05) is 18.5 Å². The van der Waals surface area contributed by atoms with Gasteiger partial charge in [-0.1, -0.05) is 49.6 Å². The number of nitrogens with zero attached hydrogens (tertiary/aromatic N) is 2. The lowest BCUT2D eigenvalue weighted by molar-refractivity contribution is 0.628. The minimum absolute atomic E-state index is 0.0479. The first-order chi connectivity index (χ1) is 11.1. The van der Waals surface area contributed by atoms with Crippen LogP contribution >= 0.6 is 0 Å². The molecule has 2 aromatic heterocycles. The summed E-state index contributed by atoms with van der Waals surface area (Å²) in [5.41, 5.74) is 7.04. The van der Waals surface area contributed by atoms with Crippen LogP contribution in [0.5, 0.6) is 0 Å². The average molecular weight is 294 g/mol. The average Bonchev–Trinajstić information content (AvgIpc) is 2.88. The zero-order chi connectivity index (χ0) is 15.8. The first-order valence-electron chi connectivity index (χ1n) is 7.87. The maximum atomic E-state index is 6.05. The summed E-state index contributed by atoms with van der Waals surface area (Å²) in [7, 11) is 6.05. The Morgan fingerprint density at radius 2 is 1.87 bits per heavy atom. The molecule has 0 amide bonds. The van der Waals surface area contributed by atoms with E-state index >= 15 is 0 Å². The highest BCUT2D eigenvalue weighted by Crippen LogP contribution is 2.46. The highest BCUT2D eigenvalue weighted by molar-refractivity contribution is 6.34. The fourth-order valence-corrected chi connectivity index (χ4v) is 4.08. The first kappa shape index (κ1) is 12.9. The molecule has 2 aromatic carbocycles. The van der Waals surface area contributed by atoms with Gasteiger partial charge < -0.3 is 4.57 Å². The van der Waals surface area contributed by atoms with E-state index in [4.69, 9.17) is 7.85 Å². The second-order valence-electron chi connectivity index (χ2n) is 6.83. The SMILES string of the molecule is [B]c1ccc2c(c1)c1cccc3c1n2-c1cnccc1C3(C)C. The van der Waals surface area contributed by atoms with Gasteiger partial charge in [-0.3, -0.25) is 4.98 Å². The Morgan fingerprint density at radius 3 is 2.74 bits per heavy atom. The van der Waals surface area contributed by atoms with E-state index in [-0.39, 0.29) is 5.41 Å². The summed E-state index contributed by atoms with van der Waals surface area (Å²) in [6, 6.07) is 14.9. The molecule has 0 bridgehead atoms. The number of rotatable bonds is 0. The van der Waals surface area contributed by atoms with Gasteiger partial charge in [-0.05, 0) is 23.3 Å². The molecule has 1 aliphatic rings. The van der Waals surface area contributed by atoms with Crippen LogP contribution in [0.2, 0.25) is 0 Å². The maximum absolute atomic E-state index is 6.05. The number of aromatic nitrogens is 2. The zero-order valence-corrected chi connectivity index (χ0v) is 13.2. The monoisotopic (exact) mass is 294 g/mol. The third-order valence-corrected chi connectivity index (χ3v) is 5.20. The van der Waals surface area contributed by atoms with Gasteiger partial charge >= 0.3 is 0 Å². The summed E-state index contributed by atoms with van der Waals surface area (Å²) in [6.45, 7) is 4.58. The molecule has 0 saturated heterocycles. The summed E-state index contributed by atoms with van der Waals surface area (Å²) in [5.74, 6) is 0. The van der Waals surface area contributed by atoms with Crippen molar-refractivity contribution in [3.8, 4) is 5.69 Å². The highest BCUT2D eigenvalue weighted by atomic mass is 15.0. The normalized spacial score (nSPS) is 15.0. The number of para-hydroxylation sites is 1. The summed E-state index contributed by atoms with van der Waals surface area (Å²) in [4.78, 5) is 4.38. The molecule has 3 heterocycles. The van der Waals surface area contributed by atoms with Crippen LogP contribution in [-0.4, -0.2) is 17.4 Å². The van der Waals surface area contributed by atoms with Gasteiger partial charge in [-0.2, -0.15) is 0 Å². The number of hydrogen-bond acceptors (Lipinski definition) is 1. The quantitative estimate of drug-likeness (QED) is 0.453. The summed E-state index contributed by atoms with van der Waals surface area (Å²) >= 11 is 0. The first-order valence-corrected chi connectivity index (χ1v) is 7.87. The Kier molecular flexibility index (Phi) is 2.28. The molecule has 4 aromatic rings. The molecule has 23 heavy (non-hydrogen) atoms. The Bertz CT molecular complexity index is 1110. The molecule has 108 valence electrons. The van der Waals surface area contributed by atoms with Crippen molar-refractivity contribution in [2.75, 3.05) is 0 Å². The zero-order valence-electron chi connectivity index (χ0n) is 13.2. The largest absolute Gasteiger partial charge is 0.307 e. The summed E-state index contributed by atoms with van der Waals surface area (Å²) in [5, 5.41) is 2.46. The lowest BCUT2D eigenvalue weighted by Crippen LogP contribution is -2.26. The predicted molar refractivity (Wildman–Crippen MR) is 96.1 cm³/mol. The molecular formula is C20H15BN2. The van der Waals surface area contributed by atoms with Crippen LogP contribution in [0.3, 0.4) is 0 Å². The van der Waals surface area contributed by atoms with Crippen molar-refractivity contribution in [1.82, 2.24) is 9.55 Å². The van der Waals surface area contributed by atoms with Gasteiger partial charge in [0.25, 0.3) is 0 Å². The number of fused-ring (bicyclic) bond motifs is 5. The second-order valence-corrected chi connectivity index (χ2v) is 6.83. The number of pyridine rings is 1. The predicted octanol–water partition coefficient (Wildman–Crippen LogP) is 3.61. The molecule has 1 aliphatic heterocycles. The minimum atomic E-state index is -0.0479. The third kappa shape index (κ3) is 1.47. The van der Waals surface area contributed by atoms with E-state index in [9.17, 15) is 0 Å². The number of hydrogen-bond donors (Lipinski definition) is 0. The molecule has 0 fully saturated rings. The van der Waals surface area contributed by atoms with Crippen molar-refractivity contribution in [2.24, 2.45) is 0 Å². The van der Waals surface area contributed by atoms with Crippen LogP contribution in [-0.2, 0) is 5.41 Å². The van der Waals surface area contributed by atoms with Gasteiger partial charge in [-0.15, -0.1) is 0 Å². The van der Waals surface area contributed by atoms with Crippen molar-refractivity contribution >= 4 is 35.1 Å². The lowest BCUT2D eigenvalue weighted by Gasteiger charge is -2.34. The summed E-state index contributed by atoms with van der Waals surface area (Å²) < 4.78 is 2.34. The smallest absolute Gasteiger partial charge is 0.113 e. The topological polar surface area (TPSA) is 17.8 Å². The van der Waals surface area contributed by atoms with Gasteiger partial charge in [0, 0.05) is 22.4 Å². The molecular weight excluding hydrogens is 279 g/mol. The lowest BCUT2D eigenvalue weighted by atomic mass is 9.75. The van der Waals surface area contributed by atoms with E-state index in [0.717, 1.165) is 5.46 Å². The van der Waals surface area contributed by atoms with E-state index in [2.05, 4.69) is 59.8 Å². The van der Waals surface area contributed by atoms with E-state index < -0.39 is 0 Å². The van der Waals surface area contributed by atoms with Crippen LogP contribution < -0.4 is 5.46 Å². The van der Waals surface area contributed by atoms with Gasteiger partial charge in [0.2, 0.25) is 0 Å². The van der Waals surface area contributed by atoms with Crippen molar-refractivity contribution in [1.29, 1.82) is 0 Å². The van der Waals surface area contributed by atoms with E-state index in [1.54, 1.807) is 0 Å². The molecule has 5 rings (SSSR count). The van der Waals surface area contributed by atoms with Gasteiger partial charge in [0.15, 0.2) is 0 Å². The Labute approximate surface area is 136 Å². The van der Waals surface area contributed by atoms with Crippen molar-refractivity contribution in [2.45, 2.75) is 19.3 Å². The minimum Gasteiger partial charge on any atom is -0.307 e. The second kappa shape index (κ2) is 4.05. The molecule has 0 atom stereocenters. The van der Waals surface area contributed by atoms with Crippen molar-refractivity contribution in [3.05, 3.63) is 66.0 Å². The fraction of sp³-hybridized carbons (Fsp3) is 0.150. The van der Waals surface area contributed by atoms with Crippen LogP contribution in [0.1, 0.15) is 25.0 Å². The standard InChI is InChI=1S/C20H15BN2/c1-20(2)15-8-9-22-11-18(15)23-17-7-6-12(21)10-14(17)13-4-3-5-16(20)19(13)23/h3-11H,1-2H3. The van der Waals surface area contributed by atoms with E-state index in [0.29, 0.717) is 0 Å². The Hall–Kier alpha value is -2.55. The van der Waals surface area contributed by atoms with Crippen LogP contribution in [0.25, 0.3) is 27.5 Å². The molecule has 0 N–H and O–H groups in total. The Balaban J connectivity index is 2.13. The van der Waals surface area contributed by atoms with Gasteiger partial charge in [0.05, 0.1) is 22.9 Å². The molecule has 2 radical (unpaired) electrons.